The molecule has 0 aliphatic heterocycles. The van der Waals surface area contributed by atoms with E-state index in [2.05, 4.69) is 0 Å². The highest BCUT2D eigenvalue weighted by Gasteiger charge is 2.81. The lowest BCUT2D eigenvalue weighted by Crippen LogP contribution is -2.82. The van der Waals surface area contributed by atoms with Crippen molar-refractivity contribution in [3.05, 3.63) is 23.8 Å². The summed E-state index contributed by atoms with van der Waals surface area (Å²) in [6.07, 6.45) is 0.156. The normalized spacial score (nSPS) is 13.9. The summed E-state index contributed by atoms with van der Waals surface area (Å²) in [5.74, 6) is -10.9. The van der Waals surface area contributed by atoms with Crippen LogP contribution in [0.2, 0.25) is 0 Å². The summed E-state index contributed by atoms with van der Waals surface area (Å²) in [6, 6.07) is 4.48. The number of benzene rings is 1. The van der Waals surface area contributed by atoms with Gasteiger partial charge in [0.1, 0.15) is 6.10 Å². The molecule has 0 aliphatic rings. The van der Waals surface area contributed by atoms with E-state index >= 15 is 0 Å². The average molecular weight is 765 g/mol. The Labute approximate surface area is 318 Å². The molecule has 0 heterocycles. The Morgan fingerprint density at radius 3 is 1.30 bits per heavy atom. The van der Waals surface area contributed by atoms with Gasteiger partial charge in [-0.25, -0.2) is 0 Å². The lowest BCUT2D eigenvalue weighted by molar-refractivity contribution is -0.557. The third kappa shape index (κ3) is 10.6. The van der Waals surface area contributed by atoms with Gasteiger partial charge in [-0.2, -0.15) is 0 Å². The summed E-state index contributed by atoms with van der Waals surface area (Å²) in [6.45, 7) is 23.6. The number of aromatic hydroxyl groups is 2. The van der Waals surface area contributed by atoms with Gasteiger partial charge in [0.05, 0.1) is 5.56 Å². The van der Waals surface area contributed by atoms with Crippen molar-refractivity contribution < 1.29 is 67.1 Å². The van der Waals surface area contributed by atoms with Crippen LogP contribution in [0.15, 0.2) is 18.2 Å². The van der Waals surface area contributed by atoms with Crippen molar-refractivity contribution in [2.75, 3.05) is 79.3 Å². The number of phenols is 2. The predicted octanol–water partition coefficient (Wildman–Crippen LogP) is 6.97. The zero-order valence-corrected chi connectivity index (χ0v) is 34.7. The second-order valence-electron chi connectivity index (χ2n) is 11.5. The number of ether oxygens (including phenoxy) is 12. The molecule has 0 amide bonds. The van der Waals surface area contributed by atoms with Gasteiger partial charge in [-0.05, 0) is 108 Å². The van der Waals surface area contributed by atoms with Gasteiger partial charge < -0.3 is 67.1 Å². The van der Waals surface area contributed by atoms with Crippen LogP contribution in [-0.4, -0.2) is 119 Å². The van der Waals surface area contributed by atoms with Crippen molar-refractivity contribution in [3.8, 4) is 11.5 Å². The van der Waals surface area contributed by atoms with Crippen molar-refractivity contribution >= 4 is 0 Å². The summed E-state index contributed by atoms with van der Waals surface area (Å²) in [5, 5.41) is 22.5. The van der Waals surface area contributed by atoms with Crippen LogP contribution in [0.25, 0.3) is 0 Å². The maximum absolute atomic E-state index is 11.6. The first-order valence-electron chi connectivity index (χ1n) is 19.7. The van der Waals surface area contributed by atoms with Crippen molar-refractivity contribution in [3.63, 3.8) is 0 Å². The van der Waals surface area contributed by atoms with Crippen molar-refractivity contribution in [1.82, 2.24) is 0 Å². The van der Waals surface area contributed by atoms with Crippen molar-refractivity contribution in [2.24, 2.45) is 0 Å². The highest BCUT2D eigenvalue weighted by Crippen LogP contribution is 2.58. The topological polar surface area (TPSA) is 151 Å². The van der Waals surface area contributed by atoms with Crippen molar-refractivity contribution in [2.45, 2.75) is 138 Å². The van der Waals surface area contributed by atoms with Gasteiger partial charge in [0.2, 0.25) is 0 Å². The molecule has 0 saturated carbocycles. The first kappa shape index (κ1) is 49.4. The Morgan fingerprint density at radius 1 is 0.491 bits per heavy atom. The van der Waals surface area contributed by atoms with E-state index < -0.39 is 46.7 Å². The summed E-state index contributed by atoms with van der Waals surface area (Å²) in [5.41, 5.74) is -0.00309. The van der Waals surface area contributed by atoms with E-state index in [9.17, 15) is 10.2 Å². The van der Waals surface area contributed by atoms with E-state index in [0.717, 1.165) is 0 Å². The SMILES string of the molecule is CCOC(CCCC(OCC)(OCC)OCC)C(OCC)(OCC)C(OCC)(OCC)C(OCC)(OCC)C(OCC)(OCC)c1cccc(O)c1O. The Bertz CT molecular complexity index is 1060. The minimum absolute atomic E-state index is 0.00309. The molecule has 53 heavy (non-hydrogen) atoms. The van der Waals surface area contributed by atoms with Crippen LogP contribution < -0.4 is 0 Å². The first-order chi connectivity index (χ1) is 25.5. The van der Waals surface area contributed by atoms with Crippen LogP contribution >= 0.6 is 0 Å². The van der Waals surface area contributed by atoms with E-state index in [1.54, 1.807) is 53.7 Å². The molecule has 1 aromatic rings. The average Bonchev–Trinajstić information content (AvgIpc) is 3.12. The molecule has 1 unspecified atom stereocenters. The summed E-state index contributed by atoms with van der Waals surface area (Å²) in [4.78, 5) is 0. The molecule has 1 rings (SSSR count). The molecule has 0 saturated heterocycles. The maximum Gasteiger partial charge on any atom is 0.290 e. The summed E-state index contributed by atoms with van der Waals surface area (Å²) in [7, 11) is 0. The molecule has 0 aromatic heterocycles. The molecule has 14 heteroatoms. The van der Waals surface area contributed by atoms with Gasteiger partial charge in [-0.1, -0.05) is 6.07 Å². The van der Waals surface area contributed by atoms with E-state index in [0.29, 0.717) is 39.1 Å². The van der Waals surface area contributed by atoms with Gasteiger partial charge in [-0.3, -0.25) is 0 Å². The molecule has 0 bridgehead atoms. The standard InChI is InChI=1S/C39H72O14/c1-13-42-33(29-26-30-35(43-14-2,44-15-3)45-16-4)37(48-19-7,49-20-8)39(52-23-11,53-24-12)38(50-21-9,51-22-10)36(46-17-5,47-18-6)31-27-25-28-32(40)34(31)41/h25,27-28,33,40-41H,13-24,26,29-30H2,1-12H3. The Balaban J connectivity index is 4.59. The highest BCUT2D eigenvalue weighted by molar-refractivity contribution is 5.48. The number of rotatable bonds is 33. The monoisotopic (exact) mass is 764 g/mol. The van der Waals surface area contributed by atoms with E-state index in [4.69, 9.17) is 56.8 Å². The van der Waals surface area contributed by atoms with Crippen LogP contribution in [-0.2, 0) is 62.6 Å². The number of hydrogen-bond acceptors (Lipinski definition) is 14. The number of hydrogen-bond donors (Lipinski definition) is 2. The second kappa shape index (κ2) is 24.8. The van der Waals surface area contributed by atoms with Crippen LogP contribution in [0, 0.1) is 0 Å². The predicted molar refractivity (Wildman–Crippen MR) is 200 cm³/mol. The van der Waals surface area contributed by atoms with E-state index in [-0.39, 0.29) is 65.0 Å². The van der Waals surface area contributed by atoms with E-state index in [1.807, 2.05) is 41.5 Å². The van der Waals surface area contributed by atoms with Crippen LogP contribution in [0.5, 0.6) is 11.5 Å². The smallest absolute Gasteiger partial charge is 0.290 e. The molecule has 0 aliphatic carbocycles. The molecular weight excluding hydrogens is 692 g/mol. The van der Waals surface area contributed by atoms with Gasteiger partial charge >= 0.3 is 0 Å². The van der Waals surface area contributed by atoms with Crippen molar-refractivity contribution in [1.29, 1.82) is 0 Å². The molecule has 0 radical (unpaired) electrons. The fourth-order valence-corrected chi connectivity index (χ4v) is 7.03. The Hall–Kier alpha value is -1.66. The fourth-order valence-electron chi connectivity index (χ4n) is 7.03. The third-order valence-electron chi connectivity index (χ3n) is 8.33. The third-order valence-corrected chi connectivity index (χ3v) is 8.33. The lowest BCUT2D eigenvalue weighted by Gasteiger charge is -2.61. The molecule has 0 fully saturated rings. The molecule has 1 aromatic carbocycles. The summed E-state index contributed by atoms with van der Waals surface area (Å²) < 4.78 is 79.3. The Kier molecular flexibility index (Phi) is 23.1. The van der Waals surface area contributed by atoms with Gasteiger partial charge in [0.25, 0.3) is 29.1 Å². The maximum atomic E-state index is 11.6. The number of para-hydroxylation sites is 1. The minimum atomic E-state index is -2.31. The van der Waals surface area contributed by atoms with Gasteiger partial charge in [0, 0.05) is 85.7 Å². The molecular formula is C39H72O14. The fraction of sp³-hybridized carbons (Fsp3) is 0.846. The highest BCUT2D eigenvalue weighted by atomic mass is 16.9. The van der Waals surface area contributed by atoms with Gasteiger partial charge in [0.15, 0.2) is 11.5 Å². The molecule has 0 spiro atoms. The van der Waals surface area contributed by atoms with Gasteiger partial charge in [-0.15, -0.1) is 0 Å². The van der Waals surface area contributed by atoms with Crippen LogP contribution in [0.3, 0.4) is 0 Å². The summed E-state index contributed by atoms with van der Waals surface area (Å²) >= 11 is 0. The van der Waals surface area contributed by atoms with E-state index in [1.165, 1.54) is 6.07 Å². The second-order valence-corrected chi connectivity index (χ2v) is 11.5. The van der Waals surface area contributed by atoms with Crippen LogP contribution in [0.1, 0.15) is 108 Å². The molecule has 1 atom stereocenters. The quantitative estimate of drug-likeness (QED) is 0.0560. The lowest BCUT2D eigenvalue weighted by atomic mass is 9.80. The zero-order chi connectivity index (χ0) is 40.0. The molecule has 14 nitrogen and oxygen atoms in total. The number of phenolic OH excluding ortho intramolecular Hbond substituents is 2. The van der Waals surface area contributed by atoms with Crippen LogP contribution in [0.4, 0.5) is 0 Å². The zero-order valence-electron chi connectivity index (χ0n) is 34.7. The largest absolute Gasteiger partial charge is 0.504 e. The molecule has 312 valence electrons. The first-order valence-corrected chi connectivity index (χ1v) is 19.7. The Morgan fingerprint density at radius 2 is 0.906 bits per heavy atom. The minimum Gasteiger partial charge on any atom is -0.504 e. The molecule has 2 N–H and O–H groups in total.